The lowest BCUT2D eigenvalue weighted by Crippen LogP contribution is -2.27. The monoisotopic (exact) mass is 347 g/mol. The molecule has 0 radical (unpaired) electrons. The van der Waals surface area contributed by atoms with Gasteiger partial charge in [-0.15, -0.1) is 11.8 Å². The Morgan fingerprint density at radius 2 is 1.95 bits per heavy atom. The summed E-state index contributed by atoms with van der Waals surface area (Å²) in [4.78, 5) is 11.4. The molecule has 1 amide bonds. The van der Waals surface area contributed by atoms with Crippen LogP contribution in [0.15, 0.2) is 29.2 Å². The van der Waals surface area contributed by atoms with Crippen molar-refractivity contribution in [2.45, 2.75) is 11.3 Å². The molecule has 0 aliphatic heterocycles. The largest absolute Gasteiger partial charge is 0.493 e. The van der Waals surface area contributed by atoms with Crippen LogP contribution in [0.5, 0.6) is 5.75 Å². The van der Waals surface area contributed by atoms with Crippen molar-refractivity contribution < 1.29 is 17.9 Å². The van der Waals surface area contributed by atoms with E-state index >= 15 is 0 Å². The Morgan fingerprint density at radius 3 is 2.55 bits per heavy atom. The number of primary sulfonamides is 1. The predicted octanol–water partition coefficient (Wildman–Crippen LogP) is -0.0890. The number of sulfonamides is 1. The van der Waals surface area contributed by atoms with E-state index in [0.29, 0.717) is 37.0 Å². The van der Waals surface area contributed by atoms with Gasteiger partial charge in [0, 0.05) is 12.3 Å². The van der Waals surface area contributed by atoms with Crippen molar-refractivity contribution in [1.29, 1.82) is 0 Å². The Bertz CT molecular complexity index is 561. The number of ether oxygens (including phenoxy) is 1. The molecule has 22 heavy (non-hydrogen) atoms. The Balaban J connectivity index is 2.18. The van der Waals surface area contributed by atoms with Gasteiger partial charge >= 0.3 is 0 Å². The lowest BCUT2D eigenvalue weighted by atomic mass is 10.3. The SMILES string of the molecule is NCCCNC(=O)CSCCOc1ccc(S(N)(=O)=O)cc1. The van der Waals surface area contributed by atoms with Crippen LogP contribution in [0.1, 0.15) is 6.42 Å². The average Bonchev–Trinajstić information content (AvgIpc) is 2.47. The summed E-state index contributed by atoms with van der Waals surface area (Å²) >= 11 is 1.46. The zero-order valence-electron chi connectivity index (χ0n) is 12.2. The first-order chi connectivity index (χ1) is 10.4. The van der Waals surface area contributed by atoms with Gasteiger partial charge in [-0.25, -0.2) is 13.6 Å². The summed E-state index contributed by atoms with van der Waals surface area (Å²) in [5.74, 6) is 1.57. The molecule has 0 aliphatic rings. The standard InChI is InChI=1S/C13H21N3O4S2/c14-6-1-7-16-13(17)10-21-9-8-20-11-2-4-12(5-3-11)22(15,18)19/h2-5H,1,6-10,14H2,(H,16,17)(H2,15,18,19). The number of nitrogens with two attached hydrogens (primary N) is 2. The second kappa shape index (κ2) is 9.67. The fourth-order valence-corrected chi connectivity index (χ4v) is 2.64. The summed E-state index contributed by atoms with van der Waals surface area (Å²) < 4.78 is 27.6. The molecule has 1 rings (SSSR count). The Kier molecular flexibility index (Phi) is 8.25. The molecule has 0 aliphatic carbocycles. The molecule has 0 saturated heterocycles. The highest BCUT2D eigenvalue weighted by atomic mass is 32.2. The van der Waals surface area contributed by atoms with Crippen LogP contribution in [-0.4, -0.2) is 45.5 Å². The van der Waals surface area contributed by atoms with Gasteiger partial charge in [0.1, 0.15) is 5.75 Å². The Labute approximate surface area is 134 Å². The third-order valence-corrected chi connectivity index (χ3v) is 4.44. The molecule has 0 aromatic heterocycles. The number of thioether (sulfide) groups is 1. The second-order valence-corrected chi connectivity index (χ2v) is 7.08. The lowest BCUT2D eigenvalue weighted by Gasteiger charge is -2.07. The molecule has 7 nitrogen and oxygen atoms in total. The summed E-state index contributed by atoms with van der Waals surface area (Å²) in [7, 11) is -3.68. The number of rotatable bonds is 10. The zero-order valence-corrected chi connectivity index (χ0v) is 13.8. The van der Waals surface area contributed by atoms with Gasteiger partial charge in [-0.05, 0) is 37.2 Å². The number of carbonyl (C=O) groups is 1. The highest BCUT2D eigenvalue weighted by Gasteiger charge is 2.07. The molecule has 1 aromatic rings. The van der Waals surface area contributed by atoms with E-state index in [-0.39, 0.29) is 10.8 Å². The van der Waals surface area contributed by atoms with E-state index in [1.165, 1.54) is 23.9 Å². The summed E-state index contributed by atoms with van der Waals surface area (Å²) in [5.41, 5.74) is 5.33. The van der Waals surface area contributed by atoms with Crippen molar-refractivity contribution >= 4 is 27.7 Å². The van der Waals surface area contributed by atoms with Crippen LogP contribution in [-0.2, 0) is 14.8 Å². The van der Waals surface area contributed by atoms with Gasteiger partial charge < -0.3 is 15.8 Å². The summed E-state index contributed by atoms with van der Waals surface area (Å²) in [6, 6.07) is 5.87. The molecule has 0 atom stereocenters. The number of carbonyl (C=O) groups excluding carboxylic acids is 1. The number of hydrogen-bond acceptors (Lipinski definition) is 6. The minimum atomic E-state index is -3.68. The predicted molar refractivity (Wildman–Crippen MR) is 87.3 cm³/mol. The smallest absolute Gasteiger partial charge is 0.238 e. The fourth-order valence-electron chi connectivity index (χ4n) is 1.49. The number of amides is 1. The van der Waals surface area contributed by atoms with Crippen molar-refractivity contribution in [1.82, 2.24) is 5.32 Å². The van der Waals surface area contributed by atoms with E-state index in [9.17, 15) is 13.2 Å². The molecule has 0 saturated carbocycles. The summed E-state index contributed by atoms with van der Waals surface area (Å²) in [6.07, 6.45) is 0.772. The van der Waals surface area contributed by atoms with Gasteiger partial charge in [-0.2, -0.15) is 0 Å². The molecule has 124 valence electrons. The van der Waals surface area contributed by atoms with Crippen LogP contribution in [0.4, 0.5) is 0 Å². The van der Waals surface area contributed by atoms with Crippen molar-refractivity contribution in [3.63, 3.8) is 0 Å². The molecule has 5 N–H and O–H groups in total. The molecule has 0 bridgehead atoms. The maximum absolute atomic E-state index is 11.4. The molecule has 0 unspecified atom stereocenters. The average molecular weight is 347 g/mol. The van der Waals surface area contributed by atoms with E-state index in [2.05, 4.69) is 5.32 Å². The van der Waals surface area contributed by atoms with Gasteiger partial charge in [0.05, 0.1) is 17.3 Å². The Morgan fingerprint density at radius 1 is 1.27 bits per heavy atom. The van der Waals surface area contributed by atoms with E-state index < -0.39 is 10.0 Å². The van der Waals surface area contributed by atoms with Gasteiger partial charge in [-0.1, -0.05) is 0 Å². The number of nitrogens with one attached hydrogen (secondary N) is 1. The zero-order chi connectivity index (χ0) is 16.4. The van der Waals surface area contributed by atoms with Crippen LogP contribution in [0.2, 0.25) is 0 Å². The summed E-state index contributed by atoms with van der Waals surface area (Å²) in [6.45, 7) is 1.59. The minimum absolute atomic E-state index is 0.0176. The highest BCUT2D eigenvalue weighted by molar-refractivity contribution is 7.99. The van der Waals surface area contributed by atoms with Crippen LogP contribution in [0.3, 0.4) is 0 Å². The molecule has 9 heteroatoms. The molecule has 0 fully saturated rings. The van der Waals surface area contributed by atoms with Crippen molar-refractivity contribution in [3.05, 3.63) is 24.3 Å². The fraction of sp³-hybridized carbons (Fsp3) is 0.462. The van der Waals surface area contributed by atoms with Gasteiger partial charge in [0.15, 0.2) is 0 Å². The third-order valence-electron chi connectivity index (χ3n) is 2.58. The first-order valence-electron chi connectivity index (χ1n) is 6.73. The molecule has 0 spiro atoms. The lowest BCUT2D eigenvalue weighted by molar-refractivity contribution is -0.118. The van der Waals surface area contributed by atoms with Gasteiger partial charge in [0.2, 0.25) is 15.9 Å². The summed E-state index contributed by atoms with van der Waals surface area (Å²) in [5, 5.41) is 7.76. The molecular weight excluding hydrogens is 326 g/mol. The quantitative estimate of drug-likeness (QED) is 0.508. The molecule has 0 heterocycles. The van der Waals surface area contributed by atoms with Crippen LogP contribution >= 0.6 is 11.8 Å². The van der Waals surface area contributed by atoms with Crippen molar-refractivity contribution in [2.24, 2.45) is 10.9 Å². The second-order valence-electron chi connectivity index (χ2n) is 4.41. The maximum Gasteiger partial charge on any atom is 0.238 e. The van der Waals surface area contributed by atoms with Gasteiger partial charge in [0.25, 0.3) is 0 Å². The number of hydrogen-bond donors (Lipinski definition) is 3. The first kappa shape index (κ1) is 18.8. The van der Waals surface area contributed by atoms with Crippen LogP contribution in [0, 0.1) is 0 Å². The van der Waals surface area contributed by atoms with E-state index in [4.69, 9.17) is 15.6 Å². The number of benzene rings is 1. The van der Waals surface area contributed by atoms with Crippen molar-refractivity contribution in [3.8, 4) is 5.75 Å². The first-order valence-corrected chi connectivity index (χ1v) is 9.44. The third kappa shape index (κ3) is 7.64. The highest BCUT2D eigenvalue weighted by Crippen LogP contribution is 2.15. The Hall–Kier alpha value is -1.29. The van der Waals surface area contributed by atoms with E-state index in [1.807, 2.05) is 0 Å². The molecular formula is C13H21N3O4S2. The maximum atomic E-state index is 11.4. The van der Waals surface area contributed by atoms with Gasteiger partial charge in [-0.3, -0.25) is 4.79 Å². The molecule has 1 aromatic carbocycles. The minimum Gasteiger partial charge on any atom is -0.493 e. The van der Waals surface area contributed by atoms with Crippen molar-refractivity contribution in [2.75, 3.05) is 31.2 Å². The van der Waals surface area contributed by atoms with Crippen LogP contribution < -0.4 is 20.9 Å². The normalized spacial score (nSPS) is 11.2. The topological polar surface area (TPSA) is 125 Å². The van der Waals surface area contributed by atoms with E-state index in [0.717, 1.165) is 6.42 Å². The van der Waals surface area contributed by atoms with E-state index in [1.54, 1.807) is 12.1 Å². The van der Waals surface area contributed by atoms with Crippen LogP contribution in [0.25, 0.3) is 0 Å².